The lowest BCUT2D eigenvalue weighted by atomic mass is 10.0. The quantitative estimate of drug-likeness (QED) is 0.610. The summed E-state index contributed by atoms with van der Waals surface area (Å²) in [6, 6.07) is 0. The molecule has 1 heterocycles. The van der Waals surface area contributed by atoms with Gasteiger partial charge in [0.25, 0.3) is 0 Å². The Bertz CT molecular complexity index is 377. The molecule has 0 radical (unpaired) electrons. The molecular weight excluding hydrogens is 172 g/mol. The third-order valence-electron chi connectivity index (χ3n) is 1.89. The van der Waals surface area contributed by atoms with Gasteiger partial charge in [-0.15, -0.1) is 0 Å². The molecule has 0 spiro atoms. The monoisotopic (exact) mass is 214 g/mol. The van der Waals surface area contributed by atoms with Gasteiger partial charge < -0.3 is 0 Å². The highest BCUT2D eigenvalue weighted by atomic mass is 15.3. The molecule has 0 amide bonds. The minimum absolute atomic E-state index is 0.676. The Hall–Kier alpha value is -0.0800. The van der Waals surface area contributed by atoms with Gasteiger partial charge in [0.15, 0.2) is 0 Å². The number of hydrogen-bond donors (Lipinski definition) is 0. The van der Waals surface area contributed by atoms with Gasteiger partial charge in [0.05, 0.1) is 0 Å². The van der Waals surface area contributed by atoms with E-state index in [1.165, 1.54) is 0 Å². The third-order valence-corrected chi connectivity index (χ3v) is 1.89. The molecule has 0 bridgehead atoms. The molecule has 14 heavy (non-hydrogen) atoms. The van der Waals surface area contributed by atoms with Crippen molar-refractivity contribution in [3.63, 3.8) is 0 Å². The van der Waals surface area contributed by atoms with Gasteiger partial charge in [0.2, 0.25) is 0 Å². The highest BCUT2D eigenvalue weighted by molar-refractivity contribution is 4.86. The molecule has 0 aromatic carbocycles. The molecule has 0 aromatic heterocycles. The number of hydrogen-bond acceptors (Lipinski definition) is 2. The number of piperazine rings is 1. The smallest absolute Gasteiger partial charge is 0.0444 e. The summed E-state index contributed by atoms with van der Waals surface area (Å²) in [5.41, 5.74) is -2.23. The molecule has 0 saturated carbocycles. The Balaban J connectivity index is 3.77. The zero-order valence-electron chi connectivity index (χ0n) is 17.9. The van der Waals surface area contributed by atoms with Crippen molar-refractivity contribution in [3.05, 3.63) is 0 Å². The first-order valence-corrected chi connectivity index (χ1v) is 4.84. The van der Waals surface area contributed by atoms with E-state index in [0.29, 0.717) is 9.80 Å². The predicted molar refractivity (Wildman–Crippen MR) is 62.7 cm³/mol. The fourth-order valence-electron chi connectivity index (χ4n) is 0.927. The van der Waals surface area contributed by atoms with Gasteiger partial charge in [0.1, 0.15) is 0 Å². The fourth-order valence-corrected chi connectivity index (χ4v) is 0.927. The minimum Gasteiger partial charge on any atom is -0.296 e. The van der Waals surface area contributed by atoms with Crippen LogP contribution in [0.3, 0.4) is 0 Å². The Morgan fingerprint density at radius 3 is 1.07 bits per heavy atom. The van der Waals surface area contributed by atoms with E-state index >= 15 is 0 Å². The summed E-state index contributed by atoms with van der Waals surface area (Å²) >= 11 is 0. The topological polar surface area (TPSA) is 6.48 Å². The highest BCUT2D eigenvalue weighted by Crippen LogP contribution is 2.20. The van der Waals surface area contributed by atoms with E-state index in [-0.39, 0.29) is 0 Å². The van der Waals surface area contributed by atoms with Crippen LogP contribution in [-0.4, -0.2) is 46.9 Å². The molecule has 1 aliphatic rings. The Kier molecular flexibility index (Phi) is 1.32. The molecule has 1 fully saturated rings. The van der Waals surface area contributed by atoms with Gasteiger partial charge in [-0.3, -0.25) is 9.80 Å². The number of rotatable bonds is 0. The van der Waals surface area contributed by atoms with Crippen LogP contribution in [0.15, 0.2) is 0 Å². The third kappa shape index (κ3) is 2.96. The molecule has 0 aromatic rings. The lowest BCUT2D eigenvalue weighted by Gasteiger charge is -2.46. The minimum atomic E-state index is -2.73. The summed E-state index contributed by atoms with van der Waals surface area (Å²) in [5.74, 6) is 0. The first kappa shape index (κ1) is 4.84. The average Bonchev–Trinajstić information content (AvgIpc) is 2.06. The second-order valence-electron chi connectivity index (χ2n) is 5.46. The molecule has 0 atom stereocenters. The van der Waals surface area contributed by atoms with Crippen molar-refractivity contribution in [3.8, 4) is 0 Å². The normalized spacial score (nSPS) is 45.6. The summed E-state index contributed by atoms with van der Waals surface area (Å²) in [4.78, 5) is 1.35. The van der Waals surface area contributed by atoms with Crippen LogP contribution in [0.5, 0.6) is 0 Å². The molecule has 2 nitrogen and oxygen atoms in total. The van der Waals surface area contributed by atoms with Crippen LogP contribution in [0.1, 0.15) is 52.5 Å². The van der Waals surface area contributed by atoms with Gasteiger partial charge in [-0.25, -0.2) is 0 Å². The average molecular weight is 214 g/mol. The molecule has 1 aliphatic heterocycles. The van der Waals surface area contributed by atoms with Gasteiger partial charge >= 0.3 is 0 Å². The summed E-state index contributed by atoms with van der Waals surface area (Å²) in [7, 11) is 0. The van der Waals surface area contributed by atoms with Gasteiger partial charge in [-0.05, 0) is 41.5 Å². The van der Waals surface area contributed by atoms with Crippen LogP contribution < -0.4 is 0 Å². The summed E-state index contributed by atoms with van der Waals surface area (Å²) in [5, 5.41) is 0. The van der Waals surface area contributed by atoms with Crippen molar-refractivity contribution in [2.75, 3.05) is 26.0 Å². The zero-order chi connectivity index (χ0) is 18.2. The van der Waals surface area contributed by atoms with E-state index in [0.717, 1.165) is 0 Å². The van der Waals surface area contributed by atoms with E-state index in [1.807, 2.05) is 0 Å². The van der Waals surface area contributed by atoms with Gasteiger partial charge in [-0.1, -0.05) is 0 Å². The second kappa shape index (κ2) is 3.82. The van der Waals surface area contributed by atoms with Crippen LogP contribution in [0.4, 0.5) is 0 Å². The maximum Gasteiger partial charge on any atom is 0.0444 e. The summed E-state index contributed by atoms with van der Waals surface area (Å²) < 4.78 is 66.0. The summed E-state index contributed by atoms with van der Waals surface area (Å²) in [6.45, 7) is -1.65. The molecule has 0 aliphatic carbocycles. The van der Waals surface area contributed by atoms with Gasteiger partial charge in [-0.2, -0.15) is 0 Å². The van der Waals surface area contributed by atoms with Crippen molar-refractivity contribution in [1.82, 2.24) is 9.80 Å². The van der Waals surface area contributed by atoms with Crippen molar-refractivity contribution in [1.29, 1.82) is 0 Å². The Labute approximate surface area is 101 Å². The molecule has 0 unspecified atom stereocenters. The zero-order valence-corrected chi connectivity index (χ0v) is 9.89. The Morgan fingerprint density at radius 2 is 0.929 bits per heavy atom. The van der Waals surface area contributed by atoms with E-state index in [2.05, 4.69) is 0 Å². The largest absolute Gasteiger partial charge is 0.296 e. The van der Waals surface area contributed by atoms with E-state index in [9.17, 15) is 0 Å². The molecule has 0 N–H and O–H groups in total. The summed E-state index contributed by atoms with van der Waals surface area (Å²) in [6.07, 6.45) is 0. The first-order chi connectivity index (χ1) is 9.23. The molecule has 2 heteroatoms. The van der Waals surface area contributed by atoms with Gasteiger partial charge in [0, 0.05) is 48.0 Å². The fraction of sp³-hybridized carbons (Fsp3) is 1.00. The lowest BCUT2D eigenvalue weighted by Crippen LogP contribution is -2.57. The molecule has 1 rings (SSSR count). The van der Waals surface area contributed by atoms with Crippen LogP contribution in [-0.2, 0) is 0 Å². The van der Waals surface area contributed by atoms with E-state index in [4.69, 9.17) is 11.0 Å². The first-order valence-electron chi connectivity index (χ1n) is 8.84. The van der Waals surface area contributed by atoms with Crippen molar-refractivity contribution < 1.29 is 11.0 Å². The van der Waals surface area contributed by atoms with Crippen molar-refractivity contribution >= 4 is 0 Å². The number of nitrogens with zero attached hydrogens (tertiary/aromatic N) is 2. The van der Waals surface area contributed by atoms with Crippen LogP contribution in [0.2, 0.25) is 0 Å². The molecular formula is C12H26N2. The standard InChI is InChI=1S/C12H26N2/c1-11(2,3)13-7-9-14(10-8-13)12(4,5)6/h7-10H2,1-6H3/i7T2,8T2,9T2,10T2. The SMILES string of the molecule is [3H]C1([3H])N(C(C)(C)C)C([3H])([3H])C([3H])([3H])N(C(C)(C)C)C1([3H])[3H]. The maximum absolute atomic E-state index is 8.25. The van der Waals surface area contributed by atoms with Crippen LogP contribution in [0, 0.1) is 0 Å². The molecule has 84 valence electrons. The maximum atomic E-state index is 8.25. The van der Waals surface area contributed by atoms with E-state index in [1.54, 1.807) is 41.5 Å². The lowest BCUT2D eigenvalue weighted by molar-refractivity contribution is 0.0211. The molecule has 1 saturated heterocycles. The van der Waals surface area contributed by atoms with E-state index < -0.39 is 37.1 Å². The van der Waals surface area contributed by atoms with Crippen molar-refractivity contribution in [2.24, 2.45) is 0 Å². The van der Waals surface area contributed by atoms with Crippen LogP contribution >= 0.6 is 0 Å². The Morgan fingerprint density at radius 1 is 0.714 bits per heavy atom. The van der Waals surface area contributed by atoms with Crippen LogP contribution in [0.25, 0.3) is 0 Å². The van der Waals surface area contributed by atoms with Crippen molar-refractivity contribution in [2.45, 2.75) is 52.6 Å². The second-order valence-corrected chi connectivity index (χ2v) is 5.46. The highest BCUT2D eigenvalue weighted by Gasteiger charge is 2.30. The predicted octanol–water partition coefficient (Wildman–Crippen LogP) is 2.20.